The number of nitrogens with zero attached hydrogens (tertiary/aromatic N) is 1. The lowest BCUT2D eigenvalue weighted by Crippen LogP contribution is -2.30. The molecule has 0 N–H and O–H groups in total. The molecule has 0 amide bonds. The number of hydrogen-bond donors (Lipinski definition) is 0. The second-order valence-electron chi connectivity index (χ2n) is 20.6. The molecule has 0 bridgehead atoms. The topological polar surface area (TPSA) is 179 Å². The first-order valence-corrected chi connectivity index (χ1v) is 28.1. The Hall–Kier alpha value is -7.94. The summed E-state index contributed by atoms with van der Waals surface area (Å²) in [6.45, 7) is 10.5. The fourth-order valence-corrected chi connectivity index (χ4v) is 9.99. The molecule has 424 valence electrons. The van der Waals surface area contributed by atoms with Gasteiger partial charge in [-0.2, -0.15) is 0 Å². The van der Waals surface area contributed by atoms with Gasteiger partial charge in [0.15, 0.2) is 0 Å². The van der Waals surface area contributed by atoms with Crippen molar-refractivity contribution in [2.24, 2.45) is 23.7 Å². The van der Waals surface area contributed by atoms with E-state index in [0.29, 0.717) is 118 Å². The fraction of sp³-hybridized carbons (Fsp3) is 0.415. The zero-order valence-corrected chi connectivity index (χ0v) is 46.2. The zero-order valence-electron chi connectivity index (χ0n) is 46.2. The summed E-state index contributed by atoms with van der Waals surface area (Å²) in [5.74, 6) is -1.06. The highest BCUT2D eigenvalue weighted by atomic mass is 16.6. The van der Waals surface area contributed by atoms with Crippen LogP contribution in [0.5, 0.6) is 34.5 Å². The van der Waals surface area contributed by atoms with E-state index in [4.69, 9.17) is 37.9 Å². The molecule has 0 aliphatic heterocycles. The van der Waals surface area contributed by atoms with Gasteiger partial charge in [-0.15, -0.1) is 0 Å². The van der Waals surface area contributed by atoms with Gasteiger partial charge in [0.1, 0.15) is 34.5 Å². The van der Waals surface area contributed by atoms with Crippen LogP contribution in [0.15, 0.2) is 128 Å². The lowest BCUT2D eigenvalue weighted by atomic mass is 9.82. The molecule has 0 heterocycles. The van der Waals surface area contributed by atoms with Crippen LogP contribution in [-0.2, 0) is 44.7 Å². The van der Waals surface area contributed by atoms with Crippen molar-refractivity contribution in [1.29, 1.82) is 0 Å². The number of likely N-dealkylation sites (N-methyl/N-ethyl adjacent to an activating group) is 1. The third-order valence-electron chi connectivity index (χ3n) is 14.7. The Morgan fingerprint density at radius 3 is 1.35 bits per heavy atom. The Kier molecular flexibility index (Phi) is 23.1. The summed E-state index contributed by atoms with van der Waals surface area (Å²) in [5.41, 5.74) is 4.87. The molecular formula is C65H75NO14. The third-order valence-corrected chi connectivity index (χ3v) is 14.7. The Morgan fingerprint density at radius 1 is 0.500 bits per heavy atom. The summed E-state index contributed by atoms with van der Waals surface area (Å²) in [7, 11) is 1.98. The fourth-order valence-electron chi connectivity index (χ4n) is 9.99. The summed E-state index contributed by atoms with van der Waals surface area (Å²) in [6.07, 6.45) is 17.9. The third kappa shape index (κ3) is 18.6. The van der Waals surface area contributed by atoms with Crippen LogP contribution in [0.25, 0.3) is 11.6 Å². The smallest absolute Gasteiger partial charge is 0.330 e. The minimum Gasteiger partial charge on any atom is -0.494 e. The van der Waals surface area contributed by atoms with Gasteiger partial charge >= 0.3 is 35.8 Å². The summed E-state index contributed by atoms with van der Waals surface area (Å²) in [5, 5.41) is 0. The molecular weight excluding hydrogens is 1020 g/mol. The van der Waals surface area contributed by atoms with E-state index < -0.39 is 35.7 Å². The van der Waals surface area contributed by atoms with E-state index in [1.807, 2.05) is 32.3 Å². The zero-order chi connectivity index (χ0) is 56.6. The van der Waals surface area contributed by atoms with Crippen molar-refractivity contribution in [3.8, 4) is 34.5 Å². The van der Waals surface area contributed by atoms with Crippen LogP contribution in [0.2, 0.25) is 0 Å². The molecule has 7 rings (SSSR count). The molecule has 0 saturated heterocycles. The number of benzene rings is 4. The van der Waals surface area contributed by atoms with Crippen LogP contribution in [-0.4, -0.2) is 74.2 Å². The van der Waals surface area contributed by atoms with Gasteiger partial charge in [-0.25, -0.2) is 9.59 Å². The molecule has 0 atom stereocenters. The second-order valence-corrected chi connectivity index (χ2v) is 20.6. The van der Waals surface area contributed by atoms with Crippen molar-refractivity contribution in [1.82, 2.24) is 4.90 Å². The average molecular weight is 1090 g/mol. The molecule has 4 aromatic rings. The van der Waals surface area contributed by atoms with Gasteiger partial charge in [0, 0.05) is 43.1 Å². The highest BCUT2D eigenvalue weighted by Gasteiger charge is 2.34. The number of ether oxygens (including phenoxy) is 8. The van der Waals surface area contributed by atoms with Gasteiger partial charge in [-0.3, -0.25) is 19.2 Å². The van der Waals surface area contributed by atoms with Crippen molar-refractivity contribution >= 4 is 47.5 Å². The standard InChI is InChI=1S/C65H75NO14/c1-5-60(67)75-39-15-9-7-13-37-73-53-27-31-55(32-28-53)77-62(69)46-19-21-48(22-20-46)64(71)79-57-35-36-59(58(43-57)45(3)44-66(4)52-41-50-17-11-12-18-51(50)42-52)80-65(72)49-25-23-47(24-26-49)63(70)78-56-33-29-54(30-34-56)74-38-14-8-10-16-40-76-61(68)6-2/h5-6,11-12,17-18,27-36,41,43-44,46-49H,1-2,7-10,13-16,19-26,37-40,42H2,3-4H3/b45-44+. The number of rotatable bonds is 29. The molecule has 0 radical (unpaired) electrons. The first-order valence-electron chi connectivity index (χ1n) is 28.1. The maximum absolute atomic E-state index is 13.9. The van der Waals surface area contributed by atoms with Crippen LogP contribution >= 0.6 is 0 Å². The van der Waals surface area contributed by atoms with E-state index in [2.05, 4.69) is 36.3 Å². The number of carbonyl (C=O) groups is 6. The van der Waals surface area contributed by atoms with E-state index in [1.54, 1.807) is 66.7 Å². The maximum Gasteiger partial charge on any atom is 0.330 e. The molecule has 2 saturated carbocycles. The van der Waals surface area contributed by atoms with Crippen LogP contribution in [0.1, 0.15) is 126 Å². The molecule has 4 aromatic carbocycles. The monoisotopic (exact) mass is 1090 g/mol. The summed E-state index contributed by atoms with van der Waals surface area (Å²) < 4.78 is 45.3. The van der Waals surface area contributed by atoms with E-state index >= 15 is 0 Å². The van der Waals surface area contributed by atoms with Gasteiger partial charge < -0.3 is 42.8 Å². The van der Waals surface area contributed by atoms with E-state index in [-0.39, 0.29) is 23.8 Å². The molecule has 3 aliphatic carbocycles. The number of allylic oxidation sites excluding steroid dienone is 2. The number of esters is 6. The predicted octanol–water partition coefficient (Wildman–Crippen LogP) is 12.5. The van der Waals surface area contributed by atoms with Crippen molar-refractivity contribution in [3.63, 3.8) is 0 Å². The Labute approximate surface area is 469 Å². The van der Waals surface area contributed by atoms with Crippen molar-refractivity contribution < 1.29 is 66.7 Å². The first kappa shape index (κ1) is 59.7. The van der Waals surface area contributed by atoms with E-state index in [0.717, 1.165) is 81.2 Å². The number of unbranched alkanes of at least 4 members (excludes halogenated alkanes) is 6. The van der Waals surface area contributed by atoms with Gasteiger partial charge in [-0.05, 0) is 199 Å². The summed E-state index contributed by atoms with van der Waals surface area (Å²) in [6, 6.07) is 27.2. The Bertz CT molecular complexity index is 2820. The van der Waals surface area contributed by atoms with Crippen LogP contribution in [0, 0.1) is 23.7 Å². The Balaban J connectivity index is 0.877. The van der Waals surface area contributed by atoms with Gasteiger partial charge in [0.25, 0.3) is 0 Å². The number of carbonyl (C=O) groups excluding carboxylic acids is 6. The largest absolute Gasteiger partial charge is 0.494 e. The molecule has 3 aliphatic rings. The normalized spacial score (nSPS) is 17.6. The number of fused-ring (bicyclic) bond motifs is 1. The molecule has 0 spiro atoms. The van der Waals surface area contributed by atoms with Gasteiger partial charge in [0.05, 0.1) is 50.1 Å². The maximum atomic E-state index is 13.9. The lowest BCUT2D eigenvalue weighted by Gasteiger charge is -2.26. The van der Waals surface area contributed by atoms with Crippen LogP contribution in [0.3, 0.4) is 0 Å². The highest BCUT2D eigenvalue weighted by Crippen LogP contribution is 2.37. The molecule has 80 heavy (non-hydrogen) atoms. The average Bonchev–Trinajstić information content (AvgIpc) is 3.94. The molecule has 15 heteroatoms. The predicted molar refractivity (Wildman–Crippen MR) is 303 cm³/mol. The molecule has 2 fully saturated rings. The first-order chi connectivity index (χ1) is 38.8. The van der Waals surface area contributed by atoms with Crippen molar-refractivity contribution in [3.05, 3.63) is 145 Å². The van der Waals surface area contributed by atoms with E-state index in [9.17, 15) is 28.8 Å². The summed E-state index contributed by atoms with van der Waals surface area (Å²) >= 11 is 0. The lowest BCUT2D eigenvalue weighted by molar-refractivity contribution is -0.145. The van der Waals surface area contributed by atoms with Gasteiger partial charge in [0.2, 0.25) is 0 Å². The minimum absolute atomic E-state index is 0.306. The van der Waals surface area contributed by atoms with Crippen molar-refractivity contribution in [2.45, 2.75) is 116 Å². The SMILES string of the molecule is C=CC(=O)OCCCCCCOc1ccc(OC(=O)C2CCC(C(=O)Oc3ccc(OC(=O)C4CCC(C(=O)Oc5ccc(OCCCCCCOC(=O)C=C)cc5)CC4)c(/C(C)=C/N(C)C4=Cc5ccccc5C4)c3)CC2)cc1. The Morgan fingerprint density at radius 2 is 0.900 bits per heavy atom. The van der Waals surface area contributed by atoms with Crippen molar-refractivity contribution in [2.75, 3.05) is 33.5 Å². The van der Waals surface area contributed by atoms with E-state index in [1.165, 1.54) is 11.1 Å². The minimum atomic E-state index is -0.431. The highest BCUT2D eigenvalue weighted by molar-refractivity contribution is 5.83. The molecule has 0 unspecified atom stereocenters. The molecule has 0 aromatic heterocycles. The van der Waals surface area contributed by atoms with Gasteiger partial charge in [-0.1, -0.05) is 37.4 Å². The van der Waals surface area contributed by atoms with Crippen LogP contribution < -0.4 is 28.4 Å². The number of hydrogen-bond acceptors (Lipinski definition) is 15. The van der Waals surface area contributed by atoms with Crippen LogP contribution in [0.4, 0.5) is 0 Å². The molecule has 15 nitrogen and oxygen atoms in total. The quantitative estimate of drug-likeness (QED) is 0.0217. The second kappa shape index (κ2) is 31.0. The summed E-state index contributed by atoms with van der Waals surface area (Å²) in [4.78, 5) is 78.4.